The smallest absolute Gasteiger partial charge is 0.306 e. The summed E-state index contributed by atoms with van der Waals surface area (Å²) in [4.78, 5) is 10.8. The molecule has 0 unspecified atom stereocenters. The van der Waals surface area contributed by atoms with Gasteiger partial charge in [0.25, 0.3) is 0 Å². The molecule has 20 heavy (non-hydrogen) atoms. The molecule has 2 rings (SSSR count). The van der Waals surface area contributed by atoms with Gasteiger partial charge >= 0.3 is 5.97 Å². The van der Waals surface area contributed by atoms with Crippen LogP contribution in [0.1, 0.15) is 31.2 Å². The summed E-state index contributed by atoms with van der Waals surface area (Å²) < 4.78 is 33.0. The van der Waals surface area contributed by atoms with E-state index in [0.29, 0.717) is 25.7 Å². The molecule has 1 saturated carbocycles. The Hall–Kier alpha value is -1.01. The first-order valence-electron chi connectivity index (χ1n) is 6.45. The maximum atomic E-state index is 13.7. The van der Waals surface area contributed by atoms with E-state index in [1.54, 1.807) is 0 Å². The van der Waals surface area contributed by atoms with Crippen LogP contribution in [0.5, 0.6) is 0 Å². The normalized spacial score (nSPS) is 22.8. The maximum absolute atomic E-state index is 13.7. The highest BCUT2D eigenvalue weighted by molar-refractivity contribution is 9.10. The molecule has 0 aliphatic heterocycles. The van der Waals surface area contributed by atoms with Gasteiger partial charge in [0.2, 0.25) is 0 Å². The molecule has 1 aliphatic carbocycles. The topological polar surface area (TPSA) is 46.5 Å². The van der Waals surface area contributed by atoms with Crippen molar-refractivity contribution in [3.05, 3.63) is 33.8 Å². The highest BCUT2D eigenvalue weighted by Crippen LogP contribution is 2.28. The predicted molar refractivity (Wildman–Crippen MR) is 72.2 cm³/mol. The van der Waals surface area contributed by atoms with Crippen molar-refractivity contribution in [3.8, 4) is 0 Å². The molecule has 1 N–H and O–H groups in total. The number of hydrogen-bond acceptors (Lipinski definition) is 2. The highest BCUT2D eigenvalue weighted by atomic mass is 79.9. The fourth-order valence-corrected chi connectivity index (χ4v) is 2.75. The van der Waals surface area contributed by atoms with Gasteiger partial charge in [0.15, 0.2) is 0 Å². The van der Waals surface area contributed by atoms with Gasteiger partial charge in [-0.15, -0.1) is 0 Å². The molecule has 1 aromatic rings. The lowest BCUT2D eigenvalue weighted by Crippen LogP contribution is -2.26. The van der Waals surface area contributed by atoms with Crippen LogP contribution in [0.2, 0.25) is 0 Å². The molecule has 0 aromatic heterocycles. The molecule has 3 nitrogen and oxygen atoms in total. The summed E-state index contributed by atoms with van der Waals surface area (Å²) in [7, 11) is 0. The van der Waals surface area contributed by atoms with Gasteiger partial charge < -0.3 is 9.84 Å². The zero-order valence-electron chi connectivity index (χ0n) is 10.7. The van der Waals surface area contributed by atoms with E-state index in [4.69, 9.17) is 9.84 Å². The number of ether oxygens (including phenoxy) is 1. The second kappa shape index (κ2) is 6.63. The molecule has 0 bridgehead atoms. The van der Waals surface area contributed by atoms with E-state index in [0.717, 1.165) is 0 Å². The van der Waals surface area contributed by atoms with Crippen LogP contribution >= 0.6 is 15.9 Å². The third-order valence-electron chi connectivity index (χ3n) is 3.63. The second-order valence-electron chi connectivity index (χ2n) is 4.94. The van der Waals surface area contributed by atoms with Gasteiger partial charge in [-0.1, -0.05) is 0 Å². The molecule has 0 spiro atoms. The lowest BCUT2D eigenvalue weighted by molar-refractivity contribution is -0.143. The Morgan fingerprint density at radius 2 is 1.95 bits per heavy atom. The number of carboxylic acids is 1. The van der Waals surface area contributed by atoms with Crippen molar-refractivity contribution in [1.29, 1.82) is 0 Å². The molecular formula is C14H15BrF2O3. The predicted octanol–water partition coefficient (Wildman–Crippen LogP) is 3.89. The van der Waals surface area contributed by atoms with Gasteiger partial charge in [-0.2, -0.15) is 0 Å². The third-order valence-corrected chi connectivity index (χ3v) is 4.24. The van der Waals surface area contributed by atoms with Crippen molar-refractivity contribution in [2.24, 2.45) is 5.92 Å². The quantitative estimate of drug-likeness (QED) is 0.839. The van der Waals surface area contributed by atoms with Crippen molar-refractivity contribution in [1.82, 2.24) is 0 Å². The molecule has 1 aromatic carbocycles. The van der Waals surface area contributed by atoms with E-state index in [-0.39, 0.29) is 28.7 Å². The number of benzene rings is 1. The van der Waals surface area contributed by atoms with E-state index < -0.39 is 17.6 Å². The van der Waals surface area contributed by atoms with E-state index in [1.165, 1.54) is 12.1 Å². The van der Waals surface area contributed by atoms with Gasteiger partial charge in [-0.3, -0.25) is 4.79 Å². The van der Waals surface area contributed by atoms with Crippen LogP contribution in [-0.2, 0) is 16.1 Å². The third kappa shape index (κ3) is 3.55. The Labute approximate surface area is 124 Å². The van der Waals surface area contributed by atoms with E-state index in [1.807, 2.05) is 0 Å². The number of hydrogen-bond donors (Lipinski definition) is 1. The fraction of sp³-hybridized carbons (Fsp3) is 0.500. The standard InChI is InChI=1S/C14H15BrF2O3/c15-11-5-6-12(16)10(13(11)17)7-20-9-3-1-8(2-4-9)14(18)19/h5-6,8-9H,1-4,7H2,(H,18,19). The molecule has 0 heterocycles. The maximum Gasteiger partial charge on any atom is 0.306 e. The monoisotopic (exact) mass is 348 g/mol. The molecule has 110 valence electrons. The van der Waals surface area contributed by atoms with Crippen molar-refractivity contribution in [2.75, 3.05) is 0 Å². The summed E-state index contributed by atoms with van der Waals surface area (Å²) in [5.41, 5.74) is -0.0975. The Kier molecular flexibility index (Phi) is 5.10. The Bertz CT molecular complexity index is 499. The van der Waals surface area contributed by atoms with Crippen LogP contribution in [0.4, 0.5) is 8.78 Å². The Balaban J connectivity index is 1.91. The van der Waals surface area contributed by atoms with Gasteiger partial charge in [0.1, 0.15) is 11.6 Å². The first-order valence-corrected chi connectivity index (χ1v) is 7.25. The highest BCUT2D eigenvalue weighted by Gasteiger charge is 2.26. The molecule has 0 radical (unpaired) electrons. The van der Waals surface area contributed by atoms with Crippen LogP contribution < -0.4 is 0 Å². The summed E-state index contributed by atoms with van der Waals surface area (Å²) in [6.45, 7) is -0.139. The van der Waals surface area contributed by atoms with E-state index in [9.17, 15) is 13.6 Å². The van der Waals surface area contributed by atoms with Gasteiger partial charge in [0.05, 0.1) is 28.7 Å². The molecule has 1 aliphatic rings. The first kappa shape index (κ1) is 15.4. The van der Waals surface area contributed by atoms with Gasteiger partial charge in [0, 0.05) is 0 Å². The second-order valence-corrected chi connectivity index (χ2v) is 5.80. The molecule has 0 saturated heterocycles. The number of rotatable bonds is 4. The lowest BCUT2D eigenvalue weighted by Gasteiger charge is -2.26. The summed E-state index contributed by atoms with van der Waals surface area (Å²) in [5, 5.41) is 8.89. The zero-order chi connectivity index (χ0) is 14.7. The number of carbonyl (C=O) groups is 1. The van der Waals surface area contributed by atoms with Gasteiger partial charge in [-0.05, 0) is 53.7 Å². The Morgan fingerprint density at radius 1 is 1.30 bits per heavy atom. The minimum Gasteiger partial charge on any atom is -0.481 e. The molecule has 1 fully saturated rings. The van der Waals surface area contributed by atoms with E-state index in [2.05, 4.69) is 15.9 Å². The number of halogens is 3. The Morgan fingerprint density at radius 3 is 2.55 bits per heavy atom. The van der Waals surface area contributed by atoms with Crippen LogP contribution in [0.3, 0.4) is 0 Å². The van der Waals surface area contributed by atoms with E-state index >= 15 is 0 Å². The fourth-order valence-electron chi connectivity index (χ4n) is 2.38. The number of carboxylic acid groups (broad SMARTS) is 1. The van der Waals surface area contributed by atoms with Crippen molar-refractivity contribution >= 4 is 21.9 Å². The van der Waals surface area contributed by atoms with Crippen LogP contribution in [-0.4, -0.2) is 17.2 Å². The van der Waals surface area contributed by atoms with Crippen LogP contribution in [0, 0.1) is 17.6 Å². The summed E-state index contributed by atoms with van der Waals surface area (Å²) >= 11 is 3.01. The minimum absolute atomic E-state index is 0.0975. The summed E-state index contributed by atoms with van der Waals surface area (Å²) in [6.07, 6.45) is 2.17. The zero-order valence-corrected chi connectivity index (χ0v) is 12.3. The lowest BCUT2D eigenvalue weighted by atomic mass is 9.87. The summed E-state index contributed by atoms with van der Waals surface area (Å²) in [6, 6.07) is 2.50. The minimum atomic E-state index is -0.785. The summed E-state index contributed by atoms with van der Waals surface area (Å²) in [5.74, 6) is -2.39. The van der Waals surface area contributed by atoms with Crippen molar-refractivity contribution in [3.63, 3.8) is 0 Å². The molecular weight excluding hydrogens is 334 g/mol. The average molecular weight is 349 g/mol. The SMILES string of the molecule is O=C(O)C1CCC(OCc2c(F)ccc(Br)c2F)CC1. The first-order chi connectivity index (χ1) is 9.49. The van der Waals surface area contributed by atoms with Gasteiger partial charge in [-0.25, -0.2) is 8.78 Å². The number of aliphatic carboxylic acids is 1. The van der Waals surface area contributed by atoms with Crippen molar-refractivity contribution < 1.29 is 23.4 Å². The average Bonchev–Trinajstić information content (AvgIpc) is 2.43. The van der Waals surface area contributed by atoms with Crippen LogP contribution in [0.25, 0.3) is 0 Å². The molecule has 0 amide bonds. The van der Waals surface area contributed by atoms with Crippen molar-refractivity contribution in [2.45, 2.75) is 38.4 Å². The molecule has 6 heteroatoms. The largest absolute Gasteiger partial charge is 0.481 e. The molecule has 0 atom stereocenters. The van der Waals surface area contributed by atoms with Crippen LogP contribution in [0.15, 0.2) is 16.6 Å².